The SMILES string of the molecule is CN(CC(=O)O)C(=O)Cc1ccc(OC(F)(F)F)cc1. The van der Waals surface area contributed by atoms with E-state index in [9.17, 15) is 22.8 Å². The second-order valence-electron chi connectivity index (χ2n) is 4.01. The van der Waals surface area contributed by atoms with Gasteiger partial charge in [-0.15, -0.1) is 13.2 Å². The smallest absolute Gasteiger partial charge is 0.480 e. The van der Waals surface area contributed by atoms with E-state index in [-0.39, 0.29) is 12.2 Å². The topological polar surface area (TPSA) is 66.8 Å². The second-order valence-corrected chi connectivity index (χ2v) is 4.01. The van der Waals surface area contributed by atoms with Crippen LogP contribution < -0.4 is 4.74 Å². The van der Waals surface area contributed by atoms with E-state index in [1.165, 1.54) is 19.2 Å². The third kappa shape index (κ3) is 5.59. The highest BCUT2D eigenvalue weighted by Crippen LogP contribution is 2.22. The molecule has 0 aliphatic heterocycles. The molecule has 1 aromatic carbocycles. The Hall–Kier alpha value is -2.25. The molecule has 0 saturated carbocycles. The van der Waals surface area contributed by atoms with Crippen LogP contribution in [-0.4, -0.2) is 41.8 Å². The molecule has 0 heterocycles. The largest absolute Gasteiger partial charge is 0.573 e. The summed E-state index contributed by atoms with van der Waals surface area (Å²) in [7, 11) is 1.33. The van der Waals surface area contributed by atoms with Crippen LogP contribution in [0.25, 0.3) is 0 Å². The zero-order valence-corrected chi connectivity index (χ0v) is 10.5. The quantitative estimate of drug-likeness (QED) is 0.896. The van der Waals surface area contributed by atoms with Gasteiger partial charge in [0.2, 0.25) is 5.91 Å². The van der Waals surface area contributed by atoms with Crippen LogP contribution in [0.15, 0.2) is 24.3 Å². The van der Waals surface area contributed by atoms with Gasteiger partial charge in [-0.3, -0.25) is 9.59 Å². The van der Waals surface area contributed by atoms with Crippen molar-refractivity contribution in [1.29, 1.82) is 0 Å². The van der Waals surface area contributed by atoms with Crippen LogP contribution in [-0.2, 0) is 16.0 Å². The highest BCUT2D eigenvalue weighted by Gasteiger charge is 2.30. The van der Waals surface area contributed by atoms with Crippen molar-refractivity contribution in [2.75, 3.05) is 13.6 Å². The maximum atomic E-state index is 11.9. The number of hydrogen-bond donors (Lipinski definition) is 1. The average Bonchev–Trinajstić information content (AvgIpc) is 2.28. The van der Waals surface area contributed by atoms with Gasteiger partial charge in [0, 0.05) is 7.05 Å². The van der Waals surface area contributed by atoms with Crippen molar-refractivity contribution in [3.63, 3.8) is 0 Å². The Kier molecular flexibility index (Phi) is 4.95. The molecule has 110 valence electrons. The fraction of sp³-hybridized carbons (Fsp3) is 0.333. The minimum absolute atomic E-state index is 0.101. The molecule has 20 heavy (non-hydrogen) atoms. The summed E-state index contributed by atoms with van der Waals surface area (Å²) in [5, 5.41) is 8.53. The van der Waals surface area contributed by atoms with Crippen LogP contribution in [0.5, 0.6) is 5.75 Å². The van der Waals surface area contributed by atoms with E-state index < -0.39 is 24.8 Å². The summed E-state index contributed by atoms with van der Waals surface area (Å²) in [5.41, 5.74) is 0.460. The molecule has 0 bridgehead atoms. The monoisotopic (exact) mass is 291 g/mol. The van der Waals surface area contributed by atoms with Crippen LogP contribution >= 0.6 is 0 Å². The summed E-state index contributed by atoms with van der Waals surface area (Å²) >= 11 is 0. The molecule has 1 N–H and O–H groups in total. The molecule has 0 aliphatic rings. The Morgan fingerprint density at radius 3 is 2.25 bits per heavy atom. The summed E-state index contributed by atoms with van der Waals surface area (Å²) in [5.74, 6) is -1.97. The minimum Gasteiger partial charge on any atom is -0.480 e. The van der Waals surface area contributed by atoms with Gasteiger partial charge in [0.15, 0.2) is 0 Å². The normalized spacial score (nSPS) is 11.0. The highest BCUT2D eigenvalue weighted by atomic mass is 19.4. The number of ether oxygens (including phenoxy) is 1. The van der Waals surface area contributed by atoms with Crippen molar-refractivity contribution in [3.05, 3.63) is 29.8 Å². The summed E-state index contributed by atoms with van der Waals surface area (Å²) in [6.45, 7) is -0.436. The van der Waals surface area contributed by atoms with Crippen LogP contribution in [0.3, 0.4) is 0 Å². The molecule has 0 atom stereocenters. The lowest BCUT2D eigenvalue weighted by Gasteiger charge is -2.14. The Balaban J connectivity index is 2.61. The molecule has 0 aromatic heterocycles. The first-order valence-corrected chi connectivity index (χ1v) is 5.48. The van der Waals surface area contributed by atoms with E-state index in [1.54, 1.807) is 0 Å². The van der Waals surface area contributed by atoms with E-state index in [2.05, 4.69) is 4.74 Å². The van der Waals surface area contributed by atoms with Gasteiger partial charge in [0.05, 0.1) is 6.42 Å². The lowest BCUT2D eigenvalue weighted by Crippen LogP contribution is -2.33. The highest BCUT2D eigenvalue weighted by molar-refractivity contribution is 5.82. The number of rotatable bonds is 5. The Morgan fingerprint density at radius 2 is 1.80 bits per heavy atom. The Bertz CT molecular complexity index is 484. The van der Waals surface area contributed by atoms with E-state index >= 15 is 0 Å². The average molecular weight is 291 g/mol. The van der Waals surface area contributed by atoms with Gasteiger partial charge in [-0.25, -0.2) is 0 Å². The van der Waals surface area contributed by atoms with Crippen LogP contribution in [0.2, 0.25) is 0 Å². The number of halogens is 3. The maximum absolute atomic E-state index is 11.9. The fourth-order valence-corrected chi connectivity index (χ4v) is 1.41. The Labute approximate surface area is 112 Å². The van der Waals surface area contributed by atoms with Crippen molar-refractivity contribution < 1.29 is 32.6 Å². The van der Waals surface area contributed by atoms with Gasteiger partial charge in [0.25, 0.3) is 0 Å². The summed E-state index contributed by atoms with van der Waals surface area (Å²) in [6, 6.07) is 4.81. The molecule has 0 fully saturated rings. The molecule has 0 saturated heterocycles. The number of hydrogen-bond acceptors (Lipinski definition) is 3. The molecular formula is C12H12F3NO4. The first-order chi connectivity index (χ1) is 9.17. The Morgan fingerprint density at radius 1 is 1.25 bits per heavy atom. The number of alkyl halides is 3. The number of carbonyl (C=O) groups excluding carboxylic acids is 1. The number of carboxylic acids is 1. The third-order valence-corrected chi connectivity index (χ3v) is 2.31. The van der Waals surface area contributed by atoms with E-state index in [0.29, 0.717) is 5.56 Å². The zero-order chi connectivity index (χ0) is 15.3. The molecule has 0 aliphatic carbocycles. The van der Waals surface area contributed by atoms with E-state index in [1.807, 2.05) is 0 Å². The maximum Gasteiger partial charge on any atom is 0.573 e. The number of amides is 1. The molecule has 0 unspecified atom stereocenters. The molecule has 0 radical (unpaired) electrons. The number of aliphatic carboxylic acids is 1. The number of nitrogens with zero attached hydrogens (tertiary/aromatic N) is 1. The number of carbonyl (C=O) groups is 2. The lowest BCUT2D eigenvalue weighted by atomic mass is 10.1. The first kappa shape index (κ1) is 15.8. The molecule has 8 heteroatoms. The van der Waals surface area contributed by atoms with Gasteiger partial charge < -0.3 is 14.7 Å². The first-order valence-electron chi connectivity index (χ1n) is 5.48. The minimum atomic E-state index is -4.76. The molecule has 0 spiro atoms. The number of benzene rings is 1. The van der Waals surface area contributed by atoms with Crippen LogP contribution in [0.1, 0.15) is 5.56 Å². The van der Waals surface area contributed by atoms with E-state index in [4.69, 9.17) is 5.11 Å². The van der Waals surface area contributed by atoms with Gasteiger partial charge >= 0.3 is 12.3 Å². The van der Waals surface area contributed by atoms with Gasteiger partial charge in [-0.05, 0) is 17.7 Å². The fourth-order valence-electron chi connectivity index (χ4n) is 1.41. The van der Waals surface area contributed by atoms with Crippen LogP contribution in [0, 0.1) is 0 Å². The number of carboxylic acid groups (broad SMARTS) is 1. The summed E-state index contributed by atoms with van der Waals surface area (Å²) in [4.78, 5) is 23.1. The zero-order valence-electron chi connectivity index (χ0n) is 10.5. The molecule has 1 rings (SSSR count). The predicted octanol–water partition coefficient (Wildman–Crippen LogP) is 1.67. The van der Waals surface area contributed by atoms with Gasteiger partial charge in [-0.1, -0.05) is 12.1 Å². The predicted molar refractivity (Wildman–Crippen MR) is 62.1 cm³/mol. The van der Waals surface area contributed by atoms with E-state index in [0.717, 1.165) is 17.0 Å². The van der Waals surface area contributed by atoms with Gasteiger partial charge in [-0.2, -0.15) is 0 Å². The molecule has 1 aromatic rings. The lowest BCUT2D eigenvalue weighted by molar-refractivity contribution is -0.274. The van der Waals surface area contributed by atoms with Gasteiger partial charge in [0.1, 0.15) is 12.3 Å². The van der Waals surface area contributed by atoms with Crippen molar-refractivity contribution in [2.24, 2.45) is 0 Å². The van der Waals surface area contributed by atoms with Crippen LogP contribution in [0.4, 0.5) is 13.2 Å². The summed E-state index contributed by atoms with van der Waals surface area (Å²) < 4.78 is 39.5. The van der Waals surface area contributed by atoms with Crippen molar-refractivity contribution >= 4 is 11.9 Å². The van der Waals surface area contributed by atoms with Crippen molar-refractivity contribution in [2.45, 2.75) is 12.8 Å². The molecule has 1 amide bonds. The third-order valence-electron chi connectivity index (χ3n) is 2.31. The standard InChI is InChI=1S/C12H12F3NO4/c1-16(7-11(18)19)10(17)6-8-2-4-9(5-3-8)20-12(13,14)15/h2-5H,6-7H2,1H3,(H,18,19). The molecule has 5 nitrogen and oxygen atoms in total. The van der Waals surface area contributed by atoms with Crippen molar-refractivity contribution in [1.82, 2.24) is 4.90 Å². The molecular weight excluding hydrogens is 279 g/mol. The summed E-state index contributed by atoms with van der Waals surface area (Å²) in [6.07, 6.45) is -4.87. The van der Waals surface area contributed by atoms with Crippen molar-refractivity contribution in [3.8, 4) is 5.75 Å². The number of likely N-dealkylation sites (N-methyl/N-ethyl adjacent to an activating group) is 1. The second kappa shape index (κ2) is 6.27.